The topological polar surface area (TPSA) is 55.4 Å². The average molecular weight is 412 g/mol. The number of amides is 1. The van der Waals surface area contributed by atoms with Gasteiger partial charge in [-0.05, 0) is 60.7 Å². The van der Waals surface area contributed by atoms with E-state index in [1.54, 1.807) is 48.5 Å². The van der Waals surface area contributed by atoms with Crippen molar-refractivity contribution in [2.75, 3.05) is 11.2 Å². The second kappa shape index (κ2) is 9.85. The van der Waals surface area contributed by atoms with Crippen LogP contribution in [0.5, 0.6) is 5.75 Å². The van der Waals surface area contributed by atoms with Gasteiger partial charge in [-0.15, -0.1) is 11.6 Å². The zero-order valence-corrected chi connectivity index (χ0v) is 16.2. The summed E-state index contributed by atoms with van der Waals surface area (Å²) in [4.78, 5) is 24.9. The molecule has 3 rings (SSSR count). The average Bonchev–Trinajstić information content (AvgIpc) is 2.75. The van der Waals surface area contributed by atoms with E-state index in [1.807, 2.05) is 6.07 Å². The largest absolute Gasteiger partial charge is 0.482 e. The molecule has 1 amide bonds. The minimum absolute atomic E-state index is 0.217. The standard InChI is InChI=1S/C23H19ClFNO3/c24-15-14-21(22(27)16-6-8-18(25)9-7-16)29-20-12-10-19(11-13-20)26-23(28)17-4-2-1-3-5-17/h1-13,21H,14-15H2,(H,26,28). The summed E-state index contributed by atoms with van der Waals surface area (Å²) in [6, 6.07) is 20.9. The maximum Gasteiger partial charge on any atom is 0.255 e. The molecule has 0 saturated heterocycles. The summed E-state index contributed by atoms with van der Waals surface area (Å²) in [5.41, 5.74) is 1.51. The van der Waals surface area contributed by atoms with Crippen molar-refractivity contribution in [2.45, 2.75) is 12.5 Å². The number of rotatable bonds is 8. The molecule has 148 valence electrons. The van der Waals surface area contributed by atoms with Crippen molar-refractivity contribution >= 4 is 29.0 Å². The molecule has 1 unspecified atom stereocenters. The maximum absolute atomic E-state index is 13.1. The molecule has 0 aliphatic rings. The summed E-state index contributed by atoms with van der Waals surface area (Å²) < 4.78 is 18.9. The molecule has 29 heavy (non-hydrogen) atoms. The SMILES string of the molecule is O=C(Nc1ccc(OC(CCCl)C(=O)c2ccc(F)cc2)cc1)c1ccccc1. The number of ether oxygens (including phenoxy) is 1. The molecule has 0 aromatic heterocycles. The highest BCUT2D eigenvalue weighted by Gasteiger charge is 2.21. The summed E-state index contributed by atoms with van der Waals surface area (Å²) >= 11 is 5.82. The molecular weight excluding hydrogens is 393 g/mol. The number of benzene rings is 3. The third-order valence-electron chi connectivity index (χ3n) is 4.22. The van der Waals surface area contributed by atoms with E-state index in [0.717, 1.165) is 0 Å². The molecule has 0 aliphatic heterocycles. The molecule has 0 saturated carbocycles. The van der Waals surface area contributed by atoms with Gasteiger partial charge in [0.25, 0.3) is 5.91 Å². The third kappa shape index (κ3) is 5.65. The van der Waals surface area contributed by atoms with Gasteiger partial charge < -0.3 is 10.1 Å². The van der Waals surface area contributed by atoms with Gasteiger partial charge in [-0.25, -0.2) is 4.39 Å². The van der Waals surface area contributed by atoms with E-state index in [0.29, 0.717) is 29.0 Å². The van der Waals surface area contributed by atoms with Crippen molar-refractivity contribution in [3.8, 4) is 5.75 Å². The minimum atomic E-state index is -0.789. The molecule has 0 fully saturated rings. The van der Waals surface area contributed by atoms with Crippen LogP contribution in [-0.4, -0.2) is 23.7 Å². The van der Waals surface area contributed by atoms with Gasteiger partial charge in [0.15, 0.2) is 6.10 Å². The molecule has 0 spiro atoms. The van der Waals surface area contributed by atoms with Crippen molar-refractivity contribution in [3.05, 3.63) is 95.8 Å². The highest BCUT2D eigenvalue weighted by molar-refractivity contribution is 6.18. The maximum atomic E-state index is 13.1. The highest BCUT2D eigenvalue weighted by atomic mass is 35.5. The Hall–Kier alpha value is -3.18. The Morgan fingerprint density at radius 2 is 1.55 bits per heavy atom. The van der Waals surface area contributed by atoms with E-state index in [4.69, 9.17) is 16.3 Å². The fourth-order valence-corrected chi connectivity index (χ4v) is 2.91. The normalized spacial score (nSPS) is 11.5. The molecule has 3 aromatic carbocycles. The molecule has 3 aromatic rings. The van der Waals surface area contributed by atoms with Gasteiger partial charge in [-0.3, -0.25) is 9.59 Å². The Balaban J connectivity index is 1.67. The van der Waals surface area contributed by atoms with Crippen LogP contribution in [0, 0.1) is 5.82 Å². The lowest BCUT2D eigenvalue weighted by Gasteiger charge is -2.17. The summed E-state index contributed by atoms with van der Waals surface area (Å²) in [6.07, 6.45) is -0.479. The Kier molecular flexibility index (Phi) is 6.98. The summed E-state index contributed by atoms with van der Waals surface area (Å²) in [6.45, 7) is 0. The second-order valence-electron chi connectivity index (χ2n) is 6.30. The van der Waals surface area contributed by atoms with E-state index < -0.39 is 11.9 Å². The lowest BCUT2D eigenvalue weighted by atomic mass is 10.0. The summed E-state index contributed by atoms with van der Waals surface area (Å²) in [5, 5.41) is 2.80. The van der Waals surface area contributed by atoms with E-state index in [9.17, 15) is 14.0 Å². The number of alkyl halides is 1. The van der Waals surface area contributed by atoms with Gasteiger partial charge in [-0.1, -0.05) is 18.2 Å². The number of hydrogen-bond acceptors (Lipinski definition) is 3. The number of anilines is 1. The molecule has 1 atom stereocenters. The predicted molar refractivity (Wildman–Crippen MR) is 111 cm³/mol. The number of carbonyl (C=O) groups excluding carboxylic acids is 2. The lowest BCUT2D eigenvalue weighted by molar-refractivity contribution is 0.0787. The first-order valence-electron chi connectivity index (χ1n) is 9.05. The summed E-state index contributed by atoms with van der Waals surface area (Å²) in [7, 11) is 0. The monoisotopic (exact) mass is 411 g/mol. The van der Waals surface area contributed by atoms with Crippen LogP contribution in [0.25, 0.3) is 0 Å². The Morgan fingerprint density at radius 1 is 0.897 bits per heavy atom. The van der Waals surface area contributed by atoms with Gasteiger partial charge in [0.1, 0.15) is 11.6 Å². The van der Waals surface area contributed by atoms with Crippen LogP contribution in [0.3, 0.4) is 0 Å². The van der Waals surface area contributed by atoms with E-state index in [2.05, 4.69) is 5.32 Å². The van der Waals surface area contributed by atoms with E-state index in [1.165, 1.54) is 24.3 Å². The fraction of sp³-hybridized carbons (Fsp3) is 0.130. The fourth-order valence-electron chi connectivity index (χ4n) is 2.72. The number of hydrogen-bond donors (Lipinski definition) is 1. The van der Waals surface area contributed by atoms with Crippen LogP contribution in [-0.2, 0) is 0 Å². The number of carbonyl (C=O) groups is 2. The molecule has 0 aliphatic carbocycles. The zero-order valence-electron chi connectivity index (χ0n) is 15.5. The first-order chi connectivity index (χ1) is 14.1. The first-order valence-corrected chi connectivity index (χ1v) is 9.59. The Bertz CT molecular complexity index is 960. The highest BCUT2D eigenvalue weighted by Crippen LogP contribution is 2.20. The quantitative estimate of drug-likeness (QED) is 0.402. The van der Waals surface area contributed by atoms with E-state index in [-0.39, 0.29) is 17.6 Å². The zero-order chi connectivity index (χ0) is 20.6. The molecule has 4 nitrogen and oxygen atoms in total. The van der Waals surface area contributed by atoms with Gasteiger partial charge in [-0.2, -0.15) is 0 Å². The van der Waals surface area contributed by atoms with Gasteiger partial charge in [0.05, 0.1) is 0 Å². The van der Waals surface area contributed by atoms with Gasteiger partial charge >= 0.3 is 0 Å². The molecule has 0 bridgehead atoms. The van der Waals surface area contributed by atoms with Gasteiger partial charge in [0.2, 0.25) is 5.78 Å². The molecule has 0 radical (unpaired) electrons. The number of Topliss-reactive ketones (excluding diaryl/α,β-unsaturated/α-hetero) is 1. The van der Waals surface area contributed by atoms with Crippen LogP contribution in [0.2, 0.25) is 0 Å². The Morgan fingerprint density at radius 3 is 2.17 bits per heavy atom. The van der Waals surface area contributed by atoms with Crippen molar-refractivity contribution in [3.63, 3.8) is 0 Å². The van der Waals surface area contributed by atoms with Gasteiger partial charge in [0, 0.05) is 29.1 Å². The van der Waals surface area contributed by atoms with Crippen molar-refractivity contribution < 1.29 is 18.7 Å². The first kappa shape index (κ1) is 20.6. The lowest BCUT2D eigenvalue weighted by Crippen LogP contribution is -2.28. The van der Waals surface area contributed by atoms with Crippen molar-refractivity contribution in [2.24, 2.45) is 0 Å². The van der Waals surface area contributed by atoms with Crippen LogP contribution in [0.15, 0.2) is 78.9 Å². The number of halogens is 2. The van der Waals surface area contributed by atoms with E-state index >= 15 is 0 Å². The Labute approximate surface area is 173 Å². The second-order valence-corrected chi connectivity index (χ2v) is 6.68. The number of ketones is 1. The number of nitrogens with one attached hydrogen (secondary N) is 1. The molecule has 0 heterocycles. The van der Waals surface area contributed by atoms with Crippen molar-refractivity contribution in [1.29, 1.82) is 0 Å². The molecule has 6 heteroatoms. The smallest absolute Gasteiger partial charge is 0.255 e. The summed E-state index contributed by atoms with van der Waals surface area (Å²) in [5.74, 6) is -0.196. The molecule has 1 N–H and O–H groups in total. The third-order valence-corrected chi connectivity index (χ3v) is 4.44. The predicted octanol–water partition coefficient (Wildman–Crippen LogP) is 5.34. The van der Waals surface area contributed by atoms with Crippen LogP contribution < -0.4 is 10.1 Å². The van der Waals surface area contributed by atoms with Crippen molar-refractivity contribution in [1.82, 2.24) is 0 Å². The van der Waals surface area contributed by atoms with Crippen LogP contribution in [0.1, 0.15) is 27.1 Å². The minimum Gasteiger partial charge on any atom is -0.482 e. The van der Waals surface area contributed by atoms with Crippen LogP contribution >= 0.6 is 11.6 Å². The molecular formula is C23H19ClFNO3. The van der Waals surface area contributed by atoms with Crippen LogP contribution in [0.4, 0.5) is 10.1 Å².